The fraction of sp³-hybridized carbons (Fsp3) is 0.455. The Morgan fingerprint density at radius 3 is 2.28 bits per heavy atom. The van der Waals surface area contributed by atoms with Gasteiger partial charge in [0.05, 0.1) is 25.9 Å². The van der Waals surface area contributed by atoms with Gasteiger partial charge in [-0.05, 0) is 36.8 Å². The van der Waals surface area contributed by atoms with Gasteiger partial charge in [0.25, 0.3) is 0 Å². The molecule has 0 saturated heterocycles. The van der Waals surface area contributed by atoms with E-state index >= 15 is 0 Å². The molecule has 0 amide bonds. The lowest BCUT2D eigenvalue weighted by Gasteiger charge is -2.35. The van der Waals surface area contributed by atoms with Crippen LogP contribution >= 0.6 is 0 Å². The lowest BCUT2D eigenvalue weighted by atomic mass is 9.83. The number of ether oxygens (including phenoxy) is 2. The molecule has 0 spiro atoms. The van der Waals surface area contributed by atoms with Gasteiger partial charge in [-0.2, -0.15) is 0 Å². The van der Waals surface area contributed by atoms with E-state index in [9.17, 15) is 0 Å². The topological polar surface area (TPSA) is 30.5 Å². The maximum Gasteiger partial charge on any atom is 0.0717 e. The van der Waals surface area contributed by atoms with Crippen LogP contribution in [0.1, 0.15) is 30.9 Å². The summed E-state index contributed by atoms with van der Waals surface area (Å²) in [6, 6.07) is 21.2. The van der Waals surface area contributed by atoms with E-state index in [1.807, 2.05) is 12.1 Å². The Morgan fingerprint density at radius 2 is 1.60 bits per heavy atom. The summed E-state index contributed by atoms with van der Waals surface area (Å²) in [5.74, 6) is 0.654. The molecule has 2 aromatic rings. The van der Waals surface area contributed by atoms with E-state index in [0.29, 0.717) is 24.7 Å². The Balaban J connectivity index is 1.22. The fourth-order valence-corrected chi connectivity index (χ4v) is 3.09. The van der Waals surface area contributed by atoms with Crippen molar-refractivity contribution in [3.05, 3.63) is 71.8 Å². The van der Waals surface area contributed by atoms with Gasteiger partial charge in [-0.15, -0.1) is 0 Å². The summed E-state index contributed by atoms with van der Waals surface area (Å²) < 4.78 is 11.8. The molecule has 0 bridgehead atoms. The molecular formula is C22H29NO2. The monoisotopic (exact) mass is 339 g/mol. The van der Waals surface area contributed by atoms with E-state index in [4.69, 9.17) is 9.47 Å². The minimum absolute atomic E-state index is 0.369. The lowest BCUT2D eigenvalue weighted by Crippen LogP contribution is -2.38. The summed E-state index contributed by atoms with van der Waals surface area (Å²) in [4.78, 5) is 0. The Morgan fingerprint density at radius 1 is 0.960 bits per heavy atom. The molecule has 1 atom stereocenters. The Kier molecular flexibility index (Phi) is 7.04. The minimum atomic E-state index is 0.369. The second-order valence-corrected chi connectivity index (χ2v) is 7.06. The molecule has 0 heterocycles. The van der Waals surface area contributed by atoms with Crippen LogP contribution in [0, 0.1) is 5.92 Å². The van der Waals surface area contributed by atoms with Crippen LogP contribution in [-0.4, -0.2) is 25.4 Å². The number of hydrogen-bond acceptors (Lipinski definition) is 3. The van der Waals surface area contributed by atoms with E-state index in [1.54, 1.807) is 0 Å². The van der Waals surface area contributed by atoms with Crippen molar-refractivity contribution < 1.29 is 9.47 Å². The molecule has 1 N–H and O–H groups in total. The van der Waals surface area contributed by atoms with Crippen LogP contribution in [0.5, 0.6) is 0 Å². The Hall–Kier alpha value is -1.68. The average molecular weight is 339 g/mol. The molecule has 0 aromatic heterocycles. The molecule has 0 unspecified atom stereocenters. The first kappa shape index (κ1) is 18.1. The Bertz CT molecular complexity index is 596. The summed E-state index contributed by atoms with van der Waals surface area (Å²) in [6.45, 7) is 5.41. The molecule has 3 nitrogen and oxygen atoms in total. The first-order valence-corrected chi connectivity index (χ1v) is 9.30. The molecule has 0 aliphatic heterocycles. The highest BCUT2D eigenvalue weighted by Crippen LogP contribution is 2.30. The van der Waals surface area contributed by atoms with Crippen molar-refractivity contribution in [2.45, 2.75) is 45.1 Å². The summed E-state index contributed by atoms with van der Waals surface area (Å²) in [6.07, 6.45) is 2.66. The van der Waals surface area contributed by atoms with Crippen LogP contribution < -0.4 is 5.32 Å². The van der Waals surface area contributed by atoms with Gasteiger partial charge in [-0.25, -0.2) is 0 Å². The number of hydrogen-bond donors (Lipinski definition) is 1. The predicted molar refractivity (Wildman–Crippen MR) is 101 cm³/mol. The van der Waals surface area contributed by atoms with Crippen molar-refractivity contribution in [3.8, 4) is 0 Å². The van der Waals surface area contributed by atoms with Crippen LogP contribution in [0.15, 0.2) is 60.7 Å². The van der Waals surface area contributed by atoms with Crippen LogP contribution in [0.3, 0.4) is 0 Å². The van der Waals surface area contributed by atoms with E-state index in [1.165, 1.54) is 11.1 Å². The molecule has 1 saturated carbocycles. The molecular weight excluding hydrogens is 310 g/mol. The van der Waals surface area contributed by atoms with Crippen molar-refractivity contribution in [1.82, 2.24) is 5.32 Å². The van der Waals surface area contributed by atoms with Crippen LogP contribution in [0.4, 0.5) is 0 Å². The van der Waals surface area contributed by atoms with E-state index < -0.39 is 0 Å². The summed E-state index contributed by atoms with van der Waals surface area (Å²) >= 11 is 0. The molecule has 134 valence electrons. The number of rotatable bonds is 10. The van der Waals surface area contributed by atoms with Gasteiger partial charge in [0.15, 0.2) is 0 Å². The Labute approximate surface area is 151 Å². The van der Waals surface area contributed by atoms with E-state index in [-0.39, 0.29) is 0 Å². The summed E-state index contributed by atoms with van der Waals surface area (Å²) in [5.41, 5.74) is 2.56. The molecule has 3 heteroatoms. The maximum atomic E-state index is 6.00. The van der Waals surface area contributed by atoms with Crippen molar-refractivity contribution in [2.24, 2.45) is 5.92 Å². The zero-order valence-electron chi connectivity index (χ0n) is 15.1. The smallest absolute Gasteiger partial charge is 0.0717 e. The number of nitrogens with one attached hydrogen (secondary N) is 1. The number of benzene rings is 2. The molecule has 0 radical (unpaired) electrons. The first-order chi connectivity index (χ1) is 12.3. The third kappa shape index (κ3) is 6.28. The molecule has 1 fully saturated rings. The van der Waals surface area contributed by atoms with Gasteiger partial charge >= 0.3 is 0 Å². The van der Waals surface area contributed by atoms with Crippen molar-refractivity contribution in [3.63, 3.8) is 0 Å². The van der Waals surface area contributed by atoms with Crippen molar-refractivity contribution in [1.29, 1.82) is 0 Å². The normalized spacial score (nSPS) is 20.8. The summed E-state index contributed by atoms with van der Waals surface area (Å²) in [5, 5.41) is 3.52. The quantitative estimate of drug-likeness (QED) is 0.704. The second-order valence-electron chi connectivity index (χ2n) is 7.06. The van der Waals surface area contributed by atoms with Crippen LogP contribution in [0.25, 0.3) is 0 Å². The van der Waals surface area contributed by atoms with E-state index in [0.717, 1.165) is 32.6 Å². The molecule has 1 aliphatic carbocycles. The minimum Gasteiger partial charge on any atom is -0.377 e. The van der Waals surface area contributed by atoms with Gasteiger partial charge < -0.3 is 14.8 Å². The van der Waals surface area contributed by atoms with Gasteiger partial charge in [0.2, 0.25) is 0 Å². The second kappa shape index (κ2) is 9.71. The van der Waals surface area contributed by atoms with Crippen LogP contribution in [0.2, 0.25) is 0 Å². The van der Waals surface area contributed by atoms with Gasteiger partial charge in [0, 0.05) is 12.6 Å². The third-order valence-corrected chi connectivity index (χ3v) is 4.74. The van der Waals surface area contributed by atoms with Gasteiger partial charge in [0.1, 0.15) is 0 Å². The first-order valence-electron chi connectivity index (χ1n) is 9.30. The highest BCUT2D eigenvalue weighted by Gasteiger charge is 2.30. The van der Waals surface area contributed by atoms with Crippen LogP contribution in [-0.2, 0) is 22.6 Å². The third-order valence-electron chi connectivity index (χ3n) is 4.74. The predicted octanol–water partition coefficient (Wildman–Crippen LogP) is 4.18. The lowest BCUT2D eigenvalue weighted by molar-refractivity contribution is -0.0631. The van der Waals surface area contributed by atoms with Crippen molar-refractivity contribution in [2.75, 3.05) is 13.2 Å². The van der Waals surface area contributed by atoms with E-state index in [2.05, 4.69) is 60.8 Å². The van der Waals surface area contributed by atoms with Gasteiger partial charge in [-0.3, -0.25) is 0 Å². The highest BCUT2D eigenvalue weighted by atomic mass is 16.5. The van der Waals surface area contributed by atoms with Gasteiger partial charge in [-0.1, -0.05) is 60.7 Å². The standard InChI is InChI=1S/C22H29NO2/c1-18(23-14-19-8-4-2-5-9-19)15-25-22-12-21(13-22)17-24-16-20-10-6-3-7-11-20/h2-11,18,21-23H,12-17H2,1H3/t18-,21?,22?/m0/s1. The molecule has 2 aromatic carbocycles. The van der Waals surface area contributed by atoms with Crippen molar-refractivity contribution >= 4 is 0 Å². The summed E-state index contributed by atoms with van der Waals surface area (Å²) in [7, 11) is 0. The molecule has 25 heavy (non-hydrogen) atoms. The fourth-order valence-electron chi connectivity index (χ4n) is 3.09. The zero-order valence-corrected chi connectivity index (χ0v) is 15.1. The average Bonchev–Trinajstić information content (AvgIpc) is 2.63. The largest absolute Gasteiger partial charge is 0.377 e. The maximum absolute atomic E-state index is 6.00. The molecule has 1 aliphatic rings. The zero-order chi connectivity index (χ0) is 17.3. The SMILES string of the molecule is C[C@@H](COC1CC(COCc2ccccc2)C1)NCc1ccccc1. The highest BCUT2D eigenvalue weighted by molar-refractivity contribution is 5.14. The molecule has 3 rings (SSSR count).